The van der Waals surface area contributed by atoms with Gasteiger partial charge in [0, 0.05) is 23.0 Å². The number of esters is 1. The molecule has 3 aromatic carbocycles. The van der Waals surface area contributed by atoms with E-state index in [4.69, 9.17) is 9.84 Å². The van der Waals surface area contributed by atoms with Crippen LogP contribution in [0.25, 0.3) is 16.9 Å². The first-order valence-corrected chi connectivity index (χ1v) is 11.7. The van der Waals surface area contributed by atoms with Crippen LogP contribution in [0.2, 0.25) is 0 Å². The van der Waals surface area contributed by atoms with E-state index < -0.39 is 12.0 Å². The van der Waals surface area contributed by atoms with Crippen molar-refractivity contribution >= 4 is 12.0 Å². The van der Waals surface area contributed by atoms with Gasteiger partial charge in [-0.2, -0.15) is 5.10 Å². The van der Waals surface area contributed by atoms with Gasteiger partial charge in [-0.15, -0.1) is 0 Å². The number of carbonyl (C=O) groups is 2. The predicted molar refractivity (Wildman–Crippen MR) is 137 cm³/mol. The second-order valence-corrected chi connectivity index (χ2v) is 8.71. The number of aryl methyl sites for hydroxylation is 1. The van der Waals surface area contributed by atoms with E-state index in [1.165, 1.54) is 0 Å². The maximum Gasteiger partial charge on any atom is 0.338 e. The van der Waals surface area contributed by atoms with Crippen LogP contribution in [0.4, 0.5) is 4.79 Å². The van der Waals surface area contributed by atoms with Crippen LogP contribution >= 0.6 is 0 Å². The number of nitrogens with one attached hydrogen (secondary N) is 2. The van der Waals surface area contributed by atoms with E-state index >= 15 is 0 Å². The Balaban J connectivity index is 1.57. The van der Waals surface area contributed by atoms with Crippen LogP contribution in [-0.2, 0) is 16.1 Å². The summed E-state index contributed by atoms with van der Waals surface area (Å²) in [5.41, 5.74) is 5.91. The minimum Gasteiger partial charge on any atom is -0.457 e. The predicted octanol–water partition coefficient (Wildman–Crippen LogP) is 5.22. The first-order valence-electron chi connectivity index (χ1n) is 11.7. The molecule has 5 rings (SSSR count). The molecule has 36 heavy (non-hydrogen) atoms. The molecular weight excluding hydrogens is 452 g/mol. The zero-order chi connectivity index (χ0) is 25.1. The van der Waals surface area contributed by atoms with Crippen LogP contribution in [0, 0.1) is 6.92 Å². The standard InChI is InChI=1S/C29H26N4O3/c1-19-13-15-22(16-14-19)26-24(17-33(32-26)23-11-7-4-8-12-23)27-25(20(2)30-29(35)31-27)28(34)36-18-21-9-5-3-6-10-21/h3-17,27H,18H2,1-2H3,(H2,30,31,35). The van der Waals surface area contributed by atoms with Gasteiger partial charge < -0.3 is 15.4 Å². The minimum absolute atomic E-state index is 0.130. The molecule has 0 fully saturated rings. The number of allylic oxidation sites excluding steroid dienone is 1. The van der Waals surface area contributed by atoms with Crippen LogP contribution in [0.3, 0.4) is 0 Å². The average Bonchev–Trinajstić information content (AvgIpc) is 3.34. The minimum atomic E-state index is -0.740. The van der Waals surface area contributed by atoms with Gasteiger partial charge in [0.2, 0.25) is 0 Å². The summed E-state index contributed by atoms with van der Waals surface area (Å²) in [6.45, 7) is 3.86. The number of carbonyl (C=O) groups excluding carboxylic acids is 2. The first kappa shape index (κ1) is 23.1. The fourth-order valence-corrected chi connectivity index (χ4v) is 4.25. The van der Waals surface area contributed by atoms with Crippen molar-refractivity contribution in [2.45, 2.75) is 26.5 Å². The van der Waals surface area contributed by atoms with E-state index in [0.29, 0.717) is 22.5 Å². The monoisotopic (exact) mass is 478 g/mol. The van der Waals surface area contributed by atoms with Crippen molar-refractivity contribution in [3.63, 3.8) is 0 Å². The maximum atomic E-state index is 13.3. The van der Waals surface area contributed by atoms with Crippen molar-refractivity contribution in [2.24, 2.45) is 0 Å². The maximum absolute atomic E-state index is 13.3. The second-order valence-electron chi connectivity index (χ2n) is 8.71. The Kier molecular flexibility index (Phi) is 6.36. The molecule has 0 spiro atoms. The van der Waals surface area contributed by atoms with Gasteiger partial charge in [-0.3, -0.25) is 0 Å². The van der Waals surface area contributed by atoms with Crippen molar-refractivity contribution in [3.8, 4) is 16.9 Å². The Morgan fingerprint density at radius 2 is 1.61 bits per heavy atom. The summed E-state index contributed by atoms with van der Waals surface area (Å²) < 4.78 is 7.43. The molecule has 0 aliphatic carbocycles. The topological polar surface area (TPSA) is 85.2 Å². The number of ether oxygens (including phenoxy) is 1. The quantitative estimate of drug-likeness (QED) is 0.372. The summed E-state index contributed by atoms with van der Waals surface area (Å²) in [5.74, 6) is -0.504. The van der Waals surface area contributed by atoms with Gasteiger partial charge in [0.05, 0.1) is 23.0 Å². The lowest BCUT2D eigenvalue weighted by Crippen LogP contribution is -2.45. The van der Waals surface area contributed by atoms with Crippen molar-refractivity contribution in [1.82, 2.24) is 20.4 Å². The van der Waals surface area contributed by atoms with E-state index in [0.717, 1.165) is 22.4 Å². The van der Waals surface area contributed by atoms with Crippen molar-refractivity contribution in [3.05, 3.63) is 119 Å². The average molecular weight is 479 g/mol. The zero-order valence-electron chi connectivity index (χ0n) is 20.1. The molecule has 180 valence electrons. The lowest BCUT2D eigenvalue weighted by atomic mass is 9.93. The summed E-state index contributed by atoms with van der Waals surface area (Å²) >= 11 is 0. The van der Waals surface area contributed by atoms with Crippen LogP contribution in [0.1, 0.15) is 29.7 Å². The molecule has 1 unspecified atom stereocenters. The second kappa shape index (κ2) is 9.92. The largest absolute Gasteiger partial charge is 0.457 e. The van der Waals surface area contributed by atoms with Crippen molar-refractivity contribution in [2.75, 3.05) is 0 Å². The molecule has 1 aliphatic rings. The summed E-state index contributed by atoms with van der Waals surface area (Å²) in [7, 11) is 0. The van der Waals surface area contributed by atoms with Gasteiger partial charge >= 0.3 is 12.0 Å². The molecule has 0 bridgehead atoms. The fraction of sp³-hybridized carbons (Fsp3) is 0.138. The Labute approximate surface area is 209 Å². The highest BCUT2D eigenvalue weighted by Crippen LogP contribution is 2.35. The highest BCUT2D eigenvalue weighted by molar-refractivity contribution is 5.95. The van der Waals surface area contributed by atoms with Gasteiger partial charge in [0.25, 0.3) is 0 Å². The van der Waals surface area contributed by atoms with E-state index in [-0.39, 0.29) is 12.6 Å². The van der Waals surface area contributed by atoms with Gasteiger partial charge in [-0.05, 0) is 31.5 Å². The molecule has 1 atom stereocenters. The molecule has 2 N–H and O–H groups in total. The van der Waals surface area contributed by atoms with Gasteiger partial charge in [-0.25, -0.2) is 14.3 Å². The Morgan fingerprint density at radius 3 is 2.31 bits per heavy atom. The third kappa shape index (κ3) is 4.77. The number of amides is 2. The lowest BCUT2D eigenvalue weighted by molar-refractivity contribution is -0.140. The lowest BCUT2D eigenvalue weighted by Gasteiger charge is -2.28. The number of nitrogens with zero attached hydrogens (tertiary/aromatic N) is 2. The third-order valence-corrected chi connectivity index (χ3v) is 6.10. The van der Waals surface area contributed by atoms with E-state index in [1.54, 1.807) is 11.6 Å². The number of rotatable bonds is 6. The highest BCUT2D eigenvalue weighted by Gasteiger charge is 2.35. The van der Waals surface area contributed by atoms with E-state index in [2.05, 4.69) is 10.6 Å². The molecule has 2 heterocycles. The van der Waals surface area contributed by atoms with Crippen molar-refractivity contribution < 1.29 is 14.3 Å². The van der Waals surface area contributed by atoms with Crippen LogP contribution in [0.15, 0.2) is 102 Å². The Hall–Kier alpha value is -4.65. The van der Waals surface area contributed by atoms with Crippen molar-refractivity contribution in [1.29, 1.82) is 0 Å². The van der Waals surface area contributed by atoms with Gasteiger partial charge in [0.1, 0.15) is 6.61 Å². The van der Waals surface area contributed by atoms with Gasteiger partial charge in [0.15, 0.2) is 0 Å². The van der Waals surface area contributed by atoms with E-state index in [1.807, 2.05) is 98.0 Å². The number of hydrogen-bond acceptors (Lipinski definition) is 4. The molecule has 7 heteroatoms. The number of urea groups is 1. The van der Waals surface area contributed by atoms with Crippen LogP contribution in [-0.4, -0.2) is 21.8 Å². The molecule has 0 saturated carbocycles. The summed E-state index contributed by atoms with van der Waals surface area (Å²) in [6.07, 6.45) is 1.86. The molecule has 0 saturated heterocycles. The normalized spacial score (nSPS) is 15.3. The Morgan fingerprint density at radius 1 is 0.944 bits per heavy atom. The number of para-hydroxylation sites is 1. The smallest absolute Gasteiger partial charge is 0.338 e. The van der Waals surface area contributed by atoms with Gasteiger partial charge in [-0.1, -0.05) is 78.4 Å². The van der Waals surface area contributed by atoms with E-state index in [9.17, 15) is 9.59 Å². The SMILES string of the molecule is CC1=C(C(=O)OCc2ccccc2)C(c2cn(-c3ccccc3)nc2-c2ccc(C)cc2)NC(=O)N1. The summed E-state index contributed by atoms with van der Waals surface area (Å²) in [6, 6.07) is 26.1. The third-order valence-electron chi connectivity index (χ3n) is 6.10. The zero-order valence-corrected chi connectivity index (χ0v) is 20.1. The molecule has 4 aromatic rings. The van der Waals surface area contributed by atoms with Crippen LogP contribution < -0.4 is 10.6 Å². The highest BCUT2D eigenvalue weighted by atomic mass is 16.5. The first-order chi connectivity index (χ1) is 17.5. The Bertz CT molecular complexity index is 1420. The molecular formula is C29H26N4O3. The molecule has 7 nitrogen and oxygen atoms in total. The molecule has 1 aliphatic heterocycles. The number of benzene rings is 3. The molecule has 1 aromatic heterocycles. The molecule has 2 amide bonds. The number of hydrogen-bond donors (Lipinski definition) is 2. The molecule has 0 radical (unpaired) electrons. The number of aromatic nitrogens is 2. The fourth-order valence-electron chi connectivity index (χ4n) is 4.25. The summed E-state index contributed by atoms with van der Waals surface area (Å²) in [5, 5.41) is 10.5. The summed E-state index contributed by atoms with van der Waals surface area (Å²) in [4.78, 5) is 25.9. The van der Waals surface area contributed by atoms with Crippen LogP contribution in [0.5, 0.6) is 0 Å².